The molecule has 3 aromatic rings. The van der Waals surface area contributed by atoms with Crippen LogP contribution in [0.25, 0.3) is 17.9 Å². The van der Waals surface area contributed by atoms with E-state index in [1.807, 2.05) is 0 Å². The van der Waals surface area contributed by atoms with E-state index in [1.165, 1.54) is 17.9 Å². The van der Waals surface area contributed by atoms with Crippen LogP contribution in [-0.4, -0.2) is 48.5 Å². The van der Waals surface area contributed by atoms with E-state index in [-0.39, 0.29) is 0 Å². The SMILES string of the molecule is c1c[se]c(-c2cnc(-c3ccc[se]3)[se]2)c1. The first-order valence-electron chi connectivity index (χ1n) is 4.47. The van der Waals surface area contributed by atoms with Crippen molar-refractivity contribution in [3.05, 3.63) is 40.3 Å². The Morgan fingerprint density at radius 3 is 2.27 bits per heavy atom. The molecule has 74 valence electrons. The molecule has 0 aliphatic carbocycles. The van der Waals surface area contributed by atoms with E-state index in [1.54, 1.807) is 0 Å². The molecule has 15 heavy (non-hydrogen) atoms. The van der Waals surface area contributed by atoms with Crippen LogP contribution in [0.2, 0.25) is 0 Å². The van der Waals surface area contributed by atoms with Gasteiger partial charge in [0.1, 0.15) is 0 Å². The van der Waals surface area contributed by atoms with Crippen molar-refractivity contribution in [1.29, 1.82) is 0 Å². The van der Waals surface area contributed by atoms with Crippen LogP contribution < -0.4 is 0 Å². The van der Waals surface area contributed by atoms with Crippen molar-refractivity contribution in [2.75, 3.05) is 0 Å². The van der Waals surface area contributed by atoms with Gasteiger partial charge in [0.2, 0.25) is 0 Å². The van der Waals surface area contributed by atoms with Gasteiger partial charge < -0.3 is 0 Å². The van der Waals surface area contributed by atoms with Gasteiger partial charge >= 0.3 is 107 Å². The molecule has 0 saturated carbocycles. The molecule has 0 radical (unpaired) electrons. The van der Waals surface area contributed by atoms with Gasteiger partial charge in [0.05, 0.1) is 0 Å². The van der Waals surface area contributed by atoms with Crippen LogP contribution in [0, 0.1) is 0 Å². The topological polar surface area (TPSA) is 12.9 Å². The Balaban J connectivity index is 2.02. The van der Waals surface area contributed by atoms with Crippen molar-refractivity contribution < 1.29 is 0 Å². The molecule has 0 amide bonds. The van der Waals surface area contributed by atoms with Gasteiger partial charge in [0.15, 0.2) is 0 Å². The van der Waals surface area contributed by atoms with E-state index in [0.717, 1.165) is 0 Å². The molecule has 0 aromatic carbocycles. The number of hydrogen-bond donors (Lipinski definition) is 0. The third-order valence-electron chi connectivity index (χ3n) is 2.00. The second-order valence-corrected chi connectivity index (χ2v) is 9.12. The van der Waals surface area contributed by atoms with Gasteiger partial charge in [-0.1, -0.05) is 0 Å². The van der Waals surface area contributed by atoms with Crippen LogP contribution in [0.4, 0.5) is 0 Å². The molecule has 3 rings (SSSR count). The van der Waals surface area contributed by atoms with E-state index in [0.29, 0.717) is 43.5 Å². The maximum absolute atomic E-state index is 4.57. The van der Waals surface area contributed by atoms with Crippen LogP contribution in [0.1, 0.15) is 0 Å². The fourth-order valence-corrected chi connectivity index (χ4v) is 7.48. The predicted octanol–water partition coefficient (Wildman–Crippen LogP) is 1.59. The molecule has 0 aliphatic heterocycles. The first-order valence-corrected chi connectivity index (χ1v) is 9.87. The summed E-state index contributed by atoms with van der Waals surface area (Å²) >= 11 is 1.56. The number of aromatic nitrogens is 1. The number of rotatable bonds is 2. The normalized spacial score (nSPS) is 10.7. The molecule has 4 heteroatoms. The summed E-state index contributed by atoms with van der Waals surface area (Å²) < 4.78 is 5.85. The summed E-state index contributed by atoms with van der Waals surface area (Å²) in [7, 11) is 0. The van der Waals surface area contributed by atoms with Gasteiger partial charge in [0.25, 0.3) is 0 Å². The molecule has 0 N–H and O–H groups in total. The van der Waals surface area contributed by atoms with E-state index < -0.39 is 0 Å². The van der Waals surface area contributed by atoms with Crippen molar-refractivity contribution in [2.45, 2.75) is 0 Å². The Labute approximate surface area is 106 Å². The van der Waals surface area contributed by atoms with Gasteiger partial charge in [-0.25, -0.2) is 0 Å². The quantitative estimate of drug-likeness (QED) is 0.606. The van der Waals surface area contributed by atoms with Crippen LogP contribution in [0.5, 0.6) is 0 Å². The summed E-state index contributed by atoms with van der Waals surface area (Å²) in [6.45, 7) is 0. The van der Waals surface area contributed by atoms with Crippen LogP contribution >= 0.6 is 0 Å². The summed E-state index contributed by atoms with van der Waals surface area (Å²) in [6, 6.07) is 8.80. The average molecular weight is 390 g/mol. The first-order chi connectivity index (χ1) is 7.43. The molecule has 0 spiro atoms. The van der Waals surface area contributed by atoms with E-state index >= 15 is 0 Å². The Hall–Kier alpha value is -0.0716. The second-order valence-electron chi connectivity index (χ2n) is 2.98. The van der Waals surface area contributed by atoms with Crippen LogP contribution in [0.15, 0.2) is 40.3 Å². The minimum atomic E-state index is 0.458. The molecule has 0 fully saturated rings. The summed E-state index contributed by atoms with van der Waals surface area (Å²) in [5, 5.41) is 0. The Morgan fingerprint density at radius 1 is 0.867 bits per heavy atom. The molecular weight excluding hydrogens is 383 g/mol. The van der Waals surface area contributed by atoms with Crippen molar-refractivity contribution in [1.82, 2.24) is 4.98 Å². The first kappa shape index (κ1) is 10.1. The zero-order valence-corrected chi connectivity index (χ0v) is 12.9. The molecule has 0 saturated heterocycles. The Morgan fingerprint density at radius 2 is 1.60 bits per heavy atom. The Kier molecular flexibility index (Phi) is 2.98. The number of nitrogens with zero attached hydrogens (tertiary/aromatic N) is 1. The van der Waals surface area contributed by atoms with E-state index in [2.05, 4.69) is 45.3 Å². The average Bonchev–Trinajstić information content (AvgIpc) is 3.02. The van der Waals surface area contributed by atoms with Crippen molar-refractivity contribution in [2.24, 2.45) is 0 Å². The number of hydrogen-bond acceptors (Lipinski definition) is 1. The molecule has 0 bridgehead atoms. The van der Waals surface area contributed by atoms with Crippen molar-refractivity contribution in [3.63, 3.8) is 0 Å². The molecular formula is C11H7NSe3. The monoisotopic (exact) mass is 393 g/mol. The maximum atomic E-state index is 4.57. The van der Waals surface area contributed by atoms with Gasteiger partial charge in [-0.2, -0.15) is 0 Å². The zero-order chi connectivity index (χ0) is 10.1. The van der Waals surface area contributed by atoms with Crippen molar-refractivity contribution in [3.8, 4) is 17.9 Å². The van der Waals surface area contributed by atoms with Gasteiger partial charge in [-0.15, -0.1) is 0 Å². The minimum absolute atomic E-state index is 0.458. The van der Waals surface area contributed by atoms with Crippen molar-refractivity contribution >= 4 is 43.5 Å². The molecule has 3 aromatic heterocycles. The second kappa shape index (κ2) is 4.43. The summed E-state index contributed by atoms with van der Waals surface area (Å²) in [4.78, 5) is 9.11. The fraction of sp³-hybridized carbons (Fsp3) is 0. The standard InChI is InChI=1S/C11H7NSe3/c1-3-8(13-5-1)10-7-12-11(15-10)9-4-2-6-14-9/h1-7H. The summed E-state index contributed by atoms with van der Waals surface area (Å²) in [5.74, 6) is 0. The molecule has 0 atom stereocenters. The van der Waals surface area contributed by atoms with Gasteiger partial charge in [-0.3, -0.25) is 0 Å². The van der Waals surface area contributed by atoms with E-state index in [4.69, 9.17) is 0 Å². The van der Waals surface area contributed by atoms with Crippen LogP contribution in [0.3, 0.4) is 0 Å². The molecule has 0 unspecified atom stereocenters. The van der Waals surface area contributed by atoms with E-state index in [9.17, 15) is 0 Å². The molecule has 1 nitrogen and oxygen atoms in total. The zero-order valence-electron chi connectivity index (χ0n) is 7.71. The van der Waals surface area contributed by atoms with Gasteiger partial charge in [-0.05, 0) is 0 Å². The fourth-order valence-electron chi connectivity index (χ4n) is 1.32. The Bertz CT molecular complexity index is 485. The van der Waals surface area contributed by atoms with Crippen LogP contribution in [-0.2, 0) is 0 Å². The van der Waals surface area contributed by atoms with Gasteiger partial charge in [0, 0.05) is 0 Å². The summed E-state index contributed by atoms with van der Waals surface area (Å²) in [6.07, 6.45) is 2.09. The predicted molar refractivity (Wildman–Crippen MR) is 65.9 cm³/mol. The third-order valence-corrected chi connectivity index (χ3v) is 9.28. The molecule has 0 aliphatic rings. The molecule has 3 heterocycles. The summed E-state index contributed by atoms with van der Waals surface area (Å²) in [5.41, 5.74) is 0. The third kappa shape index (κ3) is 2.07.